The van der Waals surface area contributed by atoms with Gasteiger partial charge in [0.2, 0.25) is 38.6 Å². The van der Waals surface area contributed by atoms with Gasteiger partial charge in [-0.25, -0.2) is 32.6 Å². The summed E-state index contributed by atoms with van der Waals surface area (Å²) in [6.45, 7) is 13.3. The van der Waals surface area contributed by atoms with Crippen molar-refractivity contribution >= 4 is 50.3 Å². The van der Waals surface area contributed by atoms with E-state index >= 15 is 0 Å². The SMILES string of the molecule is CCCN(CCC)CCCCC(NC(=O)C(NC(=O)CCCC#Cc1cnc(S(C)(=O)=O)nc1)C(C)C)C(=O)NCC(=O)NCOCCCc1c2c(nc3cc(F)c(C)cc13)-c1cc3c(c(=O)n1C2)COC(=O)[C@]3(O)CC. The van der Waals surface area contributed by atoms with Crippen molar-refractivity contribution in [2.75, 3.05) is 45.8 Å². The topological polar surface area (TPSA) is 270 Å². The summed E-state index contributed by atoms with van der Waals surface area (Å²) in [7, 11) is -3.54. The van der Waals surface area contributed by atoms with Crippen LogP contribution in [0.5, 0.6) is 0 Å². The molecule has 0 radical (unpaired) electrons. The molecule has 2 aliphatic heterocycles. The number of aryl methyl sites for hydroxylation is 2. The van der Waals surface area contributed by atoms with Crippen molar-refractivity contribution < 1.29 is 51.4 Å². The van der Waals surface area contributed by atoms with E-state index in [1.165, 1.54) is 23.0 Å². The van der Waals surface area contributed by atoms with E-state index in [1.807, 2.05) is 0 Å². The van der Waals surface area contributed by atoms with Gasteiger partial charge in [0.1, 0.15) is 31.2 Å². The third-order valence-electron chi connectivity index (χ3n) is 13.7. The first-order valence-corrected chi connectivity index (χ1v) is 28.3. The Bertz CT molecular complexity index is 3060. The van der Waals surface area contributed by atoms with Crippen LogP contribution in [0.3, 0.4) is 0 Å². The summed E-state index contributed by atoms with van der Waals surface area (Å²) in [6.07, 6.45) is 9.00. The molecule has 6 rings (SSSR count). The maximum absolute atomic E-state index is 15.0. The number of unbranched alkanes of at least 4 members (excludes halogenated alkanes) is 2. The number of pyridine rings is 2. The molecule has 0 fully saturated rings. The minimum atomic E-state index is -3.54. The number of fused-ring (bicyclic) bond motifs is 5. The zero-order valence-corrected chi connectivity index (χ0v) is 45.9. The van der Waals surface area contributed by atoms with Gasteiger partial charge >= 0.3 is 5.97 Å². The van der Waals surface area contributed by atoms with E-state index in [1.54, 1.807) is 39.8 Å². The van der Waals surface area contributed by atoms with Gasteiger partial charge in [0.05, 0.1) is 41.1 Å². The van der Waals surface area contributed by atoms with Gasteiger partial charge in [0.25, 0.3) is 5.56 Å². The minimum absolute atomic E-state index is 0.0114. The molecular weight excluding hydrogens is 1010 g/mol. The number of aromatic nitrogens is 4. The molecule has 1 aromatic carbocycles. The Kier molecular flexibility index (Phi) is 21.0. The van der Waals surface area contributed by atoms with E-state index in [2.05, 4.69) is 61.8 Å². The van der Waals surface area contributed by atoms with Gasteiger partial charge in [0, 0.05) is 60.7 Å². The summed E-state index contributed by atoms with van der Waals surface area (Å²) in [5.41, 5.74) is 1.61. The first kappa shape index (κ1) is 59.6. The molecule has 0 saturated heterocycles. The zero-order chi connectivity index (χ0) is 56.0. The summed E-state index contributed by atoms with van der Waals surface area (Å²) >= 11 is 0. The lowest BCUT2D eigenvalue weighted by atomic mass is 9.86. The Balaban J connectivity index is 1.02. The number of amides is 4. The number of rotatable bonds is 27. The van der Waals surface area contributed by atoms with Crippen LogP contribution < -0.4 is 26.8 Å². The standard InChI is InChI=1S/C55H72FN9O11S/c1-8-21-64(22-9-2)23-15-14-19-43(62-51(69)48(34(4)5)63-46(66)20-13-11-12-17-36-28-58-54(59-29-36)77(7,73)74)50(68)57-30-47(67)60-33-75-24-16-18-37-38-25-35(6)42(56)27-44(38)61-49-39(37)31-65-45(49)26-41-40(52(65)70)32-76-53(71)55(41,72)10-3/h25-29,34,43,48,72H,8-11,13-16,18-24,30-33H2,1-7H3,(H,57,68)(H,60,67)(H,62,69)(H,63,66)/t43?,48?,55-/m0/s1. The lowest BCUT2D eigenvalue weighted by molar-refractivity contribution is -0.172. The van der Waals surface area contributed by atoms with E-state index < -0.39 is 69.1 Å². The average Bonchev–Trinajstić information content (AvgIpc) is 3.76. The third-order valence-corrected chi connectivity index (χ3v) is 14.6. The number of halogens is 1. The number of aliphatic hydroxyl groups is 1. The molecule has 5 N–H and O–H groups in total. The molecule has 416 valence electrons. The molecule has 4 aromatic rings. The number of cyclic esters (lactones) is 1. The largest absolute Gasteiger partial charge is 0.458 e. The van der Waals surface area contributed by atoms with Crippen molar-refractivity contribution in [3.63, 3.8) is 0 Å². The number of carbonyl (C=O) groups is 5. The van der Waals surface area contributed by atoms with Crippen molar-refractivity contribution in [2.24, 2.45) is 5.92 Å². The smallest absolute Gasteiger partial charge is 0.343 e. The Labute approximate surface area is 449 Å². The number of nitrogens with one attached hydrogen (secondary N) is 4. The predicted octanol–water partition coefficient (Wildman–Crippen LogP) is 4.00. The van der Waals surface area contributed by atoms with Gasteiger partial charge in [-0.05, 0) is 114 Å². The van der Waals surface area contributed by atoms with Gasteiger partial charge in [-0.15, -0.1) is 0 Å². The molecule has 0 aliphatic carbocycles. The fourth-order valence-corrected chi connectivity index (χ4v) is 10.0. The van der Waals surface area contributed by atoms with Crippen LogP contribution in [-0.2, 0) is 68.5 Å². The first-order chi connectivity index (χ1) is 36.7. The fourth-order valence-electron chi connectivity index (χ4n) is 9.52. The van der Waals surface area contributed by atoms with Crippen LogP contribution in [0.1, 0.15) is 132 Å². The van der Waals surface area contributed by atoms with Crippen molar-refractivity contribution in [1.29, 1.82) is 0 Å². The van der Waals surface area contributed by atoms with Crippen LogP contribution in [0.4, 0.5) is 4.39 Å². The number of hydrogen-bond donors (Lipinski definition) is 5. The lowest BCUT2D eigenvalue weighted by Crippen LogP contribution is -2.56. The third kappa shape index (κ3) is 15.1. The van der Waals surface area contributed by atoms with Gasteiger partial charge in [-0.3, -0.25) is 24.0 Å². The van der Waals surface area contributed by atoms with Crippen LogP contribution in [-0.4, -0.2) is 125 Å². The number of carbonyl (C=O) groups excluding carboxylic acids is 5. The van der Waals surface area contributed by atoms with E-state index in [4.69, 9.17) is 14.5 Å². The van der Waals surface area contributed by atoms with Gasteiger partial charge in [-0.2, -0.15) is 0 Å². The zero-order valence-electron chi connectivity index (χ0n) is 45.1. The molecular formula is C55H72FN9O11S. The highest BCUT2D eigenvalue weighted by atomic mass is 32.2. The Morgan fingerprint density at radius 3 is 2.35 bits per heavy atom. The number of nitrogens with zero attached hydrogens (tertiary/aromatic N) is 5. The maximum Gasteiger partial charge on any atom is 0.343 e. The highest BCUT2D eigenvalue weighted by Gasteiger charge is 2.45. The van der Waals surface area contributed by atoms with Crippen LogP contribution >= 0.6 is 0 Å². The van der Waals surface area contributed by atoms with Crippen LogP contribution in [0.25, 0.3) is 22.3 Å². The Hall–Kier alpha value is -6.67. The molecule has 3 atom stereocenters. The van der Waals surface area contributed by atoms with Crippen LogP contribution in [0.15, 0.2) is 40.5 Å². The second kappa shape index (κ2) is 27.1. The molecule has 4 amide bonds. The summed E-state index contributed by atoms with van der Waals surface area (Å²) in [5, 5.41) is 22.7. The summed E-state index contributed by atoms with van der Waals surface area (Å²) in [5.74, 6) is 2.15. The number of benzene rings is 1. The normalized spacial score (nSPS) is 15.4. The molecule has 2 unspecified atom stereocenters. The Morgan fingerprint density at radius 2 is 1.68 bits per heavy atom. The van der Waals surface area contributed by atoms with Gasteiger partial charge < -0.3 is 45.3 Å². The van der Waals surface area contributed by atoms with Gasteiger partial charge in [0.15, 0.2) is 5.60 Å². The highest BCUT2D eigenvalue weighted by Crippen LogP contribution is 2.41. The van der Waals surface area contributed by atoms with Crippen molar-refractivity contribution in [2.45, 2.75) is 148 Å². The second-order valence-corrected chi connectivity index (χ2v) is 21.9. The molecule has 22 heteroatoms. The Morgan fingerprint density at radius 1 is 0.948 bits per heavy atom. The van der Waals surface area contributed by atoms with Crippen LogP contribution in [0, 0.1) is 30.5 Å². The molecule has 0 spiro atoms. The molecule has 0 saturated carbocycles. The number of hydrogen-bond acceptors (Lipinski definition) is 15. The molecule has 20 nitrogen and oxygen atoms in total. The molecule has 77 heavy (non-hydrogen) atoms. The molecule has 3 aromatic heterocycles. The van der Waals surface area contributed by atoms with Gasteiger partial charge in [-0.1, -0.05) is 46.5 Å². The summed E-state index contributed by atoms with van der Waals surface area (Å²) in [4.78, 5) is 95.0. The van der Waals surface area contributed by atoms with Crippen molar-refractivity contribution in [3.8, 4) is 23.2 Å². The molecule has 5 heterocycles. The second-order valence-electron chi connectivity index (χ2n) is 20.0. The van der Waals surface area contributed by atoms with E-state index in [-0.39, 0.29) is 67.4 Å². The summed E-state index contributed by atoms with van der Waals surface area (Å²) < 4.78 is 50.8. The van der Waals surface area contributed by atoms with Crippen molar-refractivity contribution in [1.82, 2.24) is 45.7 Å². The van der Waals surface area contributed by atoms with E-state index in [0.717, 1.165) is 56.3 Å². The van der Waals surface area contributed by atoms with Crippen molar-refractivity contribution in [3.05, 3.63) is 80.1 Å². The first-order valence-electron chi connectivity index (χ1n) is 26.4. The minimum Gasteiger partial charge on any atom is -0.458 e. The number of ether oxygens (including phenoxy) is 2. The number of sulfone groups is 1. The quantitative estimate of drug-likeness (QED) is 0.0164. The predicted molar refractivity (Wildman–Crippen MR) is 285 cm³/mol. The van der Waals surface area contributed by atoms with E-state index in [9.17, 15) is 46.7 Å². The average molecular weight is 1090 g/mol. The number of esters is 1. The van der Waals surface area contributed by atoms with Crippen LogP contribution in [0.2, 0.25) is 0 Å². The molecule has 0 bridgehead atoms. The fraction of sp³-hybridized carbons (Fsp3) is 0.545. The summed E-state index contributed by atoms with van der Waals surface area (Å²) in [6, 6.07) is 2.73. The highest BCUT2D eigenvalue weighted by molar-refractivity contribution is 7.90. The maximum atomic E-state index is 15.0. The monoisotopic (exact) mass is 1090 g/mol. The molecule has 2 aliphatic rings. The van der Waals surface area contributed by atoms with E-state index in [0.29, 0.717) is 71.9 Å². The lowest BCUT2D eigenvalue weighted by Gasteiger charge is -2.31.